The van der Waals surface area contributed by atoms with Crippen molar-refractivity contribution in [1.29, 1.82) is 0 Å². The first kappa shape index (κ1) is 32.3. The Hall–Kier alpha value is -3.07. The van der Waals surface area contributed by atoms with Crippen LogP contribution in [0.4, 0.5) is 13.2 Å². The molecule has 0 amide bonds. The van der Waals surface area contributed by atoms with Gasteiger partial charge in [0, 0.05) is 11.1 Å². The molecule has 0 heterocycles. The number of unbranched alkanes of at least 4 members (excludes halogenated alkanes) is 4. The van der Waals surface area contributed by atoms with E-state index in [9.17, 15) is 4.39 Å². The van der Waals surface area contributed by atoms with Crippen LogP contribution in [0.15, 0.2) is 73.3 Å². The van der Waals surface area contributed by atoms with Crippen LogP contribution in [0.5, 0.6) is 0 Å². The summed E-state index contributed by atoms with van der Waals surface area (Å²) in [4.78, 5) is 0. The van der Waals surface area contributed by atoms with Crippen molar-refractivity contribution in [3.63, 3.8) is 0 Å². The Morgan fingerprint density at radius 1 is 0.727 bits per heavy atom. The topological polar surface area (TPSA) is 0 Å². The van der Waals surface area contributed by atoms with Gasteiger partial charge in [0.15, 0.2) is 11.6 Å². The number of halogens is 3. The predicted molar refractivity (Wildman–Crippen MR) is 180 cm³/mol. The van der Waals surface area contributed by atoms with E-state index in [1.807, 2.05) is 18.2 Å². The van der Waals surface area contributed by atoms with E-state index >= 15 is 8.78 Å². The molecule has 0 saturated heterocycles. The van der Waals surface area contributed by atoms with Gasteiger partial charge in [0.2, 0.25) is 0 Å². The van der Waals surface area contributed by atoms with Crippen LogP contribution in [0.1, 0.15) is 108 Å². The summed E-state index contributed by atoms with van der Waals surface area (Å²) in [5.74, 6) is 0.654. The van der Waals surface area contributed by atoms with Crippen molar-refractivity contribution in [3.05, 3.63) is 102 Å². The second kappa shape index (κ2) is 15.8. The highest BCUT2D eigenvalue weighted by molar-refractivity contribution is 5.74. The first-order chi connectivity index (χ1) is 21.5. The van der Waals surface area contributed by atoms with E-state index in [4.69, 9.17) is 0 Å². The summed E-state index contributed by atoms with van der Waals surface area (Å²) in [6.45, 7) is 6.03. The smallest absolute Gasteiger partial charge is 0.166 e. The third-order valence-corrected chi connectivity index (χ3v) is 10.3. The summed E-state index contributed by atoms with van der Waals surface area (Å²) in [7, 11) is 0. The number of rotatable bonds is 13. The number of benzene rings is 3. The van der Waals surface area contributed by atoms with Gasteiger partial charge in [-0.1, -0.05) is 106 Å². The molecule has 1 atom stereocenters. The molecule has 44 heavy (non-hydrogen) atoms. The zero-order valence-corrected chi connectivity index (χ0v) is 26.5. The quantitative estimate of drug-likeness (QED) is 0.136. The zero-order valence-electron chi connectivity index (χ0n) is 26.5. The maximum atomic E-state index is 15.4. The van der Waals surface area contributed by atoms with Gasteiger partial charge in [0.25, 0.3) is 0 Å². The lowest BCUT2D eigenvalue weighted by Crippen LogP contribution is -2.23. The van der Waals surface area contributed by atoms with Crippen molar-refractivity contribution in [2.24, 2.45) is 17.8 Å². The van der Waals surface area contributed by atoms with E-state index in [0.717, 1.165) is 73.8 Å². The van der Waals surface area contributed by atoms with Gasteiger partial charge in [-0.2, -0.15) is 0 Å². The van der Waals surface area contributed by atoms with Gasteiger partial charge in [0.05, 0.1) is 0 Å². The van der Waals surface area contributed by atoms with Crippen LogP contribution in [0, 0.1) is 35.2 Å². The normalized spacial score (nSPS) is 20.4. The lowest BCUT2D eigenvalue weighted by Gasteiger charge is -2.35. The van der Waals surface area contributed by atoms with E-state index in [0.29, 0.717) is 23.1 Å². The standard InChI is InChI=1S/C41H49F3/c1-3-5-7-8-9-11-35-24-27-38(41(44)40(35)43)34-22-20-33(21-23-34)37-26-25-36(28-39(37)42)32-18-16-31(17-19-32)30-14-12-29(13-15-30)10-6-4-2/h4,18,20-31H,2-3,5-17,19H2,1H3. The van der Waals surface area contributed by atoms with E-state index in [2.05, 4.69) is 19.6 Å². The van der Waals surface area contributed by atoms with Gasteiger partial charge in [0.1, 0.15) is 5.82 Å². The third kappa shape index (κ3) is 7.95. The average molecular weight is 599 g/mol. The Kier molecular flexibility index (Phi) is 11.6. The van der Waals surface area contributed by atoms with Crippen LogP contribution < -0.4 is 0 Å². The third-order valence-electron chi connectivity index (χ3n) is 10.3. The molecule has 234 valence electrons. The predicted octanol–water partition coefficient (Wildman–Crippen LogP) is 12.9. The van der Waals surface area contributed by atoms with Gasteiger partial charge in [-0.25, -0.2) is 13.2 Å². The summed E-state index contributed by atoms with van der Waals surface area (Å²) < 4.78 is 45.3. The SMILES string of the molecule is C=CCCC1CCC(C2CC=C(c3ccc(-c4ccc(-c5ccc(CCCCCCC)c(F)c5F)cc4)c(F)c3)CC2)CC1. The van der Waals surface area contributed by atoms with Crippen LogP contribution in [-0.4, -0.2) is 0 Å². The van der Waals surface area contributed by atoms with Gasteiger partial charge >= 0.3 is 0 Å². The molecule has 0 aromatic heterocycles. The molecule has 3 aromatic carbocycles. The Bertz CT molecular complexity index is 1410. The minimum absolute atomic E-state index is 0.239. The lowest BCUT2D eigenvalue weighted by atomic mass is 9.70. The van der Waals surface area contributed by atoms with Crippen LogP contribution in [-0.2, 0) is 6.42 Å². The molecule has 1 fully saturated rings. The molecule has 0 aliphatic heterocycles. The highest BCUT2D eigenvalue weighted by Gasteiger charge is 2.28. The van der Waals surface area contributed by atoms with Crippen molar-refractivity contribution in [1.82, 2.24) is 0 Å². The average Bonchev–Trinajstić information content (AvgIpc) is 3.06. The van der Waals surface area contributed by atoms with Crippen molar-refractivity contribution in [2.75, 3.05) is 0 Å². The first-order valence-electron chi connectivity index (χ1n) is 17.2. The van der Waals surface area contributed by atoms with Crippen LogP contribution >= 0.6 is 0 Å². The Balaban J connectivity index is 1.19. The van der Waals surface area contributed by atoms with Gasteiger partial charge < -0.3 is 0 Å². The largest absolute Gasteiger partial charge is 0.206 e. The molecular formula is C41H49F3. The summed E-state index contributed by atoms with van der Waals surface area (Å²) in [5, 5.41) is 0. The Labute approximate surface area is 263 Å². The molecule has 5 rings (SSSR count). The van der Waals surface area contributed by atoms with Crippen molar-refractivity contribution < 1.29 is 13.2 Å². The molecule has 0 bridgehead atoms. The molecule has 1 unspecified atom stereocenters. The fraction of sp³-hybridized carbons (Fsp3) is 0.463. The van der Waals surface area contributed by atoms with Gasteiger partial charge in [-0.3, -0.25) is 0 Å². The molecule has 0 nitrogen and oxygen atoms in total. The molecule has 3 aromatic rings. The molecule has 2 aliphatic rings. The second-order valence-corrected chi connectivity index (χ2v) is 13.2. The zero-order chi connectivity index (χ0) is 30.9. The fourth-order valence-electron chi connectivity index (χ4n) is 7.55. The Morgan fingerprint density at radius 3 is 2.07 bits per heavy atom. The van der Waals surface area contributed by atoms with Crippen molar-refractivity contribution in [2.45, 2.75) is 103 Å². The summed E-state index contributed by atoms with van der Waals surface area (Å²) >= 11 is 0. The molecule has 0 radical (unpaired) electrons. The molecular weight excluding hydrogens is 549 g/mol. The molecule has 1 saturated carbocycles. The molecule has 0 spiro atoms. The van der Waals surface area contributed by atoms with Gasteiger partial charge in [-0.15, -0.1) is 6.58 Å². The fourth-order valence-corrected chi connectivity index (χ4v) is 7.55. The van der Waals surface area contributed by atoms with Crippen LogP contribution in [0.3, 0.4) is 0 Å². The van der Waals surface area contributed by atoms with Gasteiger partial charge in [-0.05, 0) is 109 Å². The lowest BCUT2D eigenvalue weighted by molar-refractivity contribution is 0.190. The van der Waals surface area contributed by atoms with Crippen LogP contribution in [0.25, 0.3) is 27.8 Å². The minimum Gasteiger partial charge on any atom is -0.206 e. The van der Waals surface area contributed by atoms with Crippen molar-refractivity contribution >= 4 is 5.57 Å². The van der Waals surface area contributed by atoms with E-state index in [-0.39, 0.29) is 11.4 Å². The highest BCUT2D eigenvalue weighted by atomic mass is 19.2. The number of hydrogen-bond donors (Lipinski definition) is 0. The Morgan fingerprint density at radius 2 is 1.41 bits per heavy atom. The number of allylic oxidation sites excluding steroid dienone is 3. The second-order valence-electron chi connectivity index (χ2n) is 13.2. The van der Waals surface area contributed by atoms with E-state index < -0.39 is 11.6 Å². The highest BCUT2D eigenvalue weighted by Crippen LogP contribution is 2.42. The summed E-state index contributed by atoms with van der Waals surface area (Å²) in [6.07, 6.45) is 21.5. The summed E-state index contributed by atoms with van der Waals surface area (Å²) in [6, 6.07) is 16.0. The summed E-state index contributed by atoms with van der Waals surface area (Å²) in [5.41, 5.74) is 4.73. The minimum atomic E-state index is -0.807. The molecule has 2 aliphatic carbocycles. The number of hydrogen-bond acceptors (Lipinski definition) is 0. The molecule has 0 N–H and O–H groups in total. The number of aryl methyl sites for hydroxylation is 1. The van der Waals surface area contributed by atoms with E-state index in [1.54, 1.807) is 42.5 Å². The maximum absolute atomic E-state index is 15.4. The van der Waals surface area contributed by atoms with Crippen molar-refractivity contribution in [3.8, 4) is 22.3 Å². The first-order valence-corrected chi connectivity index (χ1v) is 17.2. The monoisotopic (exact) mass is 598 g/mol. The maximum Gasteiger partial charge on any atom is 0.166 e. The van der Waals surface area contributed by atoms with Crippen LogP contribution in [0.2, 0.25) is 0 Å². The van der Waals surface area contributed by atoms with E-state index in [1.165, 1.54) is 50.5 Å². The molecule has 3 heteroatoms.